The zero-order valence-corrected chi connectivity index (χ0v) is 12.4. The van der Waals surface area contributed by atoms with Gasteiger partial charge in [-0.15, -0.1) is 0 Å². The minimum absolute atomic E-state index is 0.708. The molecule has 2 aliphatic carbocycles. The first-order valence-electron chi connectivity index (χ1n) is 8.43. The van der Waals surface area contributed by atoms with Gasteiger partial charge in [-0.05, 0) is 68.7 Å². The van der Waals surface area contributed by atoms with Crippen molar-refractivity contribution >= 4 is 0 Å². The van der Waals surface area contributed by atoms with Gasteiger partial charge in [0.15, 0.2) is 0 Å². The fourth-order valence-corrected chi connectivity index (χ4v) is 4.01. The first kappa shape index (κ1) is 12.8. The highest BCUT2D eigenvalue weighted by Crippen LogP contribution is 2.31. The van der Waals surface area contributed by atoms with Crippen molar-refractivity contribution in [1.29, 1.82) is 0 Å². The van der Waals surface area contributed by atoms with Crippen LogP contribution in [-0.2, 0) is 12.8 Å². The molecule has 20 heavy (non-hydrogen) atoms. The fraction of sp³-hybridized carbons (Fsp3) is 0.667. The smallest absolute Gasteiger partial charge is 0.0111 e. The molecule has 1 aromatic rings. The van der Waals surface area contributed by atoms with Gasteiger partial charge in [-0.1, -0.05) is 24.3 Å². The van der Waals surface area contributed by atoms with Crippen molar-refractivity contribution in [3.05, 3.63) is 35.4 Å². The molecule has 1 N–H and O–H groups in total. The summed E-state index contributed by atoms with van der Waals surface area (Å²) in [6.45, 7) is 3.93. The van der Waals surface area contributed by atoms with Crippen molar-refractivity contribution in [2.75, 3.05) is 19.6 Å². The summed E-state index contributed by atoms with van der Waals surface area (Å²) in [4.78, 5) is 2.72. The van der Waals surface area contributed by atoms with Crippen LogP contribution in [0.25, 0.3) is 0 Å². The molecule has 2 nitrogen and oxygen atoms in total. The summed E-state index contributed by atoms with van der Waals surface area (Å²) in [6, 6.07) is 10.6. The van der Waals surface area contributed by atoms with E-state index in [4.69, 9.17) is 0 Å². The number of hydrogen-bond donors (Lipinski definition) is 1. The zero-order chi connectivity index (χ0) is 13.4. The minimum Gasteiger partial charge on any atom is -0.313 e. The van der Waals surface area contributed by atoms with Crippen LogP contribution in [0.3, 0.4) is 0 Å². The Morgan fingerprint density at radius 1 is 1.05 bits per heavy atom. The number of nitrogens with zero attached hydrogens (tertiary/aromatic N) is 1. The van der Waals surface area contributed by atoms with Crippen LogP contribution in [0.5, 0.6) is 0 Å². The van der Waals surface area contributed by atoms with Crippen LogP contribution in [0.1, 0.15) is 36.8 Å². The van der Waals surface area contributed by atoms with Crippen LogP contribution in [-0.4, -0.2) is 36.6 Å². The van der Waals surface area contributed by atoms with Gasteiger partial charge >= 0.3 is 0 Å². The average Bonchev–Trinajstić information content (AvgIpc) is 3.24. The highest BCUT2D eigenvalue weighted by atomic mass is 15.2. The maximum Gasteiger partial charge on any atom is 0.0111 e. The lowest BCUT2D eigenvalue weighted by Crippen LogP contribution is -2.38. The van der Waals surface area contributed by atoms with E-state index >= 15 is 0 Å². The molecule has 1 saturated carbocycles. The van der Waals surface area contributed by atoms with E-state index in [9.17, 15) is 0 Å². The quantitative estimate of drug-likeness (QED) is 0.905. The third kappa shape index (κ3) is 2.77. The molecular weight excluding hydrogens is 244 g/mol. The van der Waals surface area contributed by atoms with E-state index in [1.54, 1.807) is 11.1 Å². The molecule has 0 spiro atoms. The molecular formula is C18H26N2. The van der Waals surface area contributed by atoms with E-state index < -0.39 is 0 Å². The predicted octanol–water partition coefficient (Wildman–Crippen LogP) is 2.62. The van der Waals surface area contributed by atoms with Crippen molar-refractivity contribution in [3.63, 3.8) is 0 Å². The lowest BCUT2D eigenvalue weighted by Gasteiger charge is -2.27. The number of benzene rings is 1. The fourth-order valence-electron chi connectivity index (χ4n) is 4.01. The molecule has 1 aromatic carbocycles. The summed E-state index contributed by atoms with van der Waals surface area (Å²) in [5.74, 6) is 0.896. The normalized spacial score (nSPS) is 30.4. The first-order chi connectivity index (χ1) is 9.88. The predicted molar refractivity (Wildman–Crippen MR) is 83.0 cm³/mol. The molecule has 2 atom stereocenters. The number of nitrogens with one attached hydrogen (secondary N) is 1. The van der Waals surface area contributed by atoms with E-state index in [1.165, 1.54) is 58.2 Å². The lowest BCUT2D eigenvalue weighted by atomic mass is 9.88. The van der Waals surface area contributed by atoms with Crippen molar-refractivity contribution in [3.8, 4) is 0 Å². The van der Waals surface area contributed by atoms with Crippen LogP contribution >= 0.6 is 0 Å². The molecule has 2 fully saturated rings. The second-order valence-corrected chi connectivity index (χ2v) is 7.00. The number of aryl methyl sites for hydroxylation is 1. The topological polar surface area (TPSA) is 15.3 Å². The minimum atomic E-state index is 0.708. The summed E-state index contributed by atoms with van der Waals surface area (Å²) < 4.78 is 0. The highest BCUT2D eigenvalue weighted by Gasteiger charge is 2.34. The van der Waals surface area contributed by atoms with Crippen molar-refractivity contribution in [2.45, 2.75) is 50.6 Å². The maximum absolute atomic E-state index is 3.86. The third-order valence-corrected chi connectivity index (χ3v) is 5.42. The summed E-state index contributed by atoms with van der Waals surface area (Å²) in [5.41, 5.74) is 3.15. The molecule has 0 amide bonds. The Hall–Kier alpha value is -0.860. The molecule has 1 aliphatic heterocycles. The second kappa shape index (κ2) is 5.50. The van der Waals surface area contributed by atoms with Gasteiger partial charge in [-0.2, -0.15) is 0 Å². The van der Waals surface area contributed by atoms with E-state index in [0.717, 1.165) is 12.0 Å². The molecule has 1 saturated heterocycles. The molecule has 2 heteroatoms. The van der Waals surface area contributed by atoms with Crippen LogP contribution in [0.15, 0.2) is 24.3 Å². The molecule has 0 aromatic heterocycles. The van der Waals surface area contributed by atoms with Crippen molar-refractivity contribution in [1.82, 2.24) is 10.2 Å². The molecule has 108 valence electrons. The average molecular weight is 270 g/mol. The van der Waals surface area contributed by atoms with Gasteiger partial charge in [0, 0.05) is 18.6 Å². The Bertz CT molecular complexity index is 466. The van der Waals surface area contributed by atoms with Crippen LogP contribution in [0.4, 0.5) is 0 Å². The number of likely N-dealkylation sites (tertiary alicyclic amines) is 1. The number of rotatable bonds is 4. The van der Waals surface area contributed by atoms with Gasteiger partial charge in [0.25, 0.3) is 0 Å². The SMILES string of the molecule is c1ccc2c(c1)CCC(NCC1CCN(C3CC3)C1)C2. The van der Waals surface area contributed by atoms with Crippen molar-refractivity contribution in [2.24, 2.45) is 5.92 Å². The van der Waals surface area contributed by atoms with Gasteiger partial charge in [-0.3, -0.25) is 0 Å². The standard InChI is InChI=1S/C18H26N2/c1-2-4-16-11-17(6-5-15(16)3-1)19-12-14-9-10-20(13-14)18-7-8-18/h1-4,14,17-19H,5-13H2. The summed E-state index contributed by atoms with van der Waals surface area (Å²) in [6.07, 6.45) is 8.13. The Morgan fingerprint density at radius 3 is 2.75 bits per heavy atom. The van der Waals surface area contributed by atoms with Crippen molar-refractivity contribution < 1.29 is 0 Å². The van der Waals surface area contributed by atoms with E-state index in [2.05, 4.69) is 34.5 Å². The first-order valence-corrected chi connectivity index (χ1v) is 8.43. The lowest BCUT2D eigenvalue weighted by molar-refractivity contribution is 0.307. The molecule has 0 radical (unpaired) electrons. The second-order valence-electron chi connectivity index (χ2n) is 7.00. The summed E-state index contributed by atoms with van der Waals surface area (Å²) in [7, 11) is 0. The zero-order valence-electron chi connectivity index (χ0n) is 12.4. The van der Waals surface area contributed by atoms with E-state index in [-0.39, 0.29) is 0 Å². The highest BCUT2D eigenvalue weighted by molar-refractivity contribution is 5.30. The van der Waals surface area contributed by atoms with E-state index in [0.29, 0.717) is 6.04 Å². The Balaban J connectivity index is 1.26. The molecule has 2 unspecified atom stereocenters. The number of fused-ring (bicyclic) bond motifs is 1. The van der Waals surface area contributed by atoms with Gasteiger partial charge in [-0.25, -0.2) is 0 Å². The Morgan fingerprint density at radius 2 is 1.90 bits per heavy atom. The molecule has 3 aliphatic rings. The van der Waals surface area contributed by atoms with Gasteiger partial charge in [0.1, 0.15) is 0 Å². The van der Waals surface area contributed by atoms with Gasteiger partial charge in [0.05, 0.1) is 0 Å². The maximum atomic E-state index is 3.86. The van der Waals surface area contributed by atoms with Crippen LogP contribution in [0.2, 0.25) is 0 Å². The van der Waals surface area contributed by atoms with Crippen LogP contribution < -0.4 is 5.32 Å². The Labute approximate surface area is 122 Å². The molecule has 4 rings (SSSR count). The summed E-state index contributed by atoms with van der Waals surface area (Å²) in [5, 5.41) is 3.86. The third-order valence-electron chi connectivity index (χ3n) is 5.42. The summed E-state index contributed by atoms with van der Waals surface area (Å²) >= 11 is 0. The molecule has 1 heterocycles. The molecule has 0 bridgehead atoms. The van der Waals surface area contributed by atoms with Crippen LogP contribution in [0, 0.1) is 5.92 Å². The van der Waals surface area contributed by atoms with Gasteiger partial charge < -0.3 is 10.2 Å². The van der Waals surface area contributed by atoms with E-state index in [1.807, 2.05) is 0 Å². The largest absolute Gasteiger partial charge is 0.313 e. The number of hydrogen-bond acceptors (Lipinski definition) is 2. The Kier molecular flexibility index (Phi) is 3.53. The monoisotopic (exact) mass is 270 g/mol. The van der Waals surface area contributed by atoms with Gasteiger partial charge in [0.2, 0.25) is 0 Å².